The van der Waals surface area contributed by atoms with Gasteiger partial charge in [0.1, 0.15) is 0 Å². The summed E-state index contributed by atoms with van der Waals surface area (Å²) in [5.74, 6) is -28.6. The Balaban J connectivity index is -0.0000000770. The van der Waals surface area contributed by atoms with Crippen LogP contribution in [0.25, 0.3) is 0 Å². The van der Waals surface area contributed by atoms with Gasteiger partial charge < -0.3 is 184 Å². The molecule has 0 aliphatic carbocycles. The van der Waals surface area contributed by atoms with Crippen LogP contribution in [-0.2, 0) is 86.3 Å². The molecule has 0 aromatic heterocycles. The minimum atomic E-state index is -1.69. The number of hydrogen-bond donors (Lipinski definition) is 1. The molecule has 124 heavy (non-hydrogen) atoms. The van der Waals surface area contributed by atoms with Crippen LogP contribution >= 0.6 is 0 Å². The van der Waals surface area contributed by atoms with Crippen LogP contribution in [-0.4, -0.2) is 107 Å². The molecule has 0 heterocycles. The van der Waals surface area contributed by atoms with Gasteiger partial charge in [-0.3, -0.25) is 0 Å². The summed E-state index contributed by atoms with van der Waals surface area (Å²) in [5, 5.41) is 196. The van der Waals surface area contributed by atoms with E-state index in [4.69, 9.17) is 0 Å². The van der Waals surface area contributed by atoms with Crippen molar-refractivity contribution in [1.29, 1.82) is 0 Å². The number of rotatable bonds is 34. The van der Waals surface area contributed by atoms with Gasteiger partial charge in [-0.25, -0.2) is 0 Å². The Hall–Kier alpha value is -8.29. The normalized spacial score (nSPS) is 12.1. The molecule has 0 fully saturated rings. The maximum Gasteiger partial charge on any atom is 3.00 e. The topological polar surface area (TPSA) is 759 Å². The number of carbonyl (C=O) groups is 18. The summed E-state index contributed by atoms with van der Waals surface area (Å²) in [7, 11) is 0. The number of aliphatic carboxylic acids is 18. The van der Waals surface area contributed by atoms with Gasteiger partial charge in [0.15, 0.2) is 0 Å². The second-order valence-electron chi connectivity index (χ2n) is 40.0. The second kappa shape index (κ2) is 53.4. The molecule has 0 aliphatic heterocycles. The summed E-state index contributed by atoms with van der Waals surface area (Å²) in [6, 6.07) is 0. The van der Waals surface area contributed by atoms with E-state index in [1.165, 1.54) is 235 Å². The minimum Gasteiger partial charge on any atom is -0.550 e. The number of carboxylic acids is 18. The SMILES string of the molecule is C.C.C.C.C.C.CC(C)(C(=O)[O-])C(C(C)(C)C(=O)[O-])C(C)(C)C(=O)[O-].CC(C)(C(=O)[O-])C(C(C)(C)C(=O)[O-])C(C)(C)C(=O)[O-].CC(C)(C(=O)[O-])C(C(C)(C)C(=O)[O-])C(C)(C)C(=O)[O-].CC(C)(C)C(=O)[O-].CC(C)(CC(C)(C)C(=O)[O-])C(=O)[O-].CC(C)(CC(C)(C)C(=O)[O-])C(=O)[O-].CC(C)(CC(C)(C)C(=O)[O-])C(=O)[O-].CC(C)(CC(C)(C)C(=O)[O-])C(=O)[O-].[NH4+].[Tb+3]. The van der Waals surface area contributed by atoms with Gasteiger partial charge in [0.2, 0.25) is 0 Å². The molecule has 4 N–H and O–H groups in total. The van der Waals surface area contributed by atoms with Crippen LogP contribution in [0.15, 0.2) is 0 Å². The molecule has 0 aromatic carbocycles. The maximum absolute atomic E-state index is 11.3. The van der Waals surface area contributed by atoms with Crippen molar-refractivity contribution >= 4 is 107 Å². The second-order valence-corrected chi connectivity index (χ2v) is 40.0. The van der Waals surface area contributed by atoms with Crippen molar-refractivity contribution in [2.45, 2.75) is 326 Å². The van der Waals surface area contributed by atoms with Crippen molar-refractivity contribution in [3.05, 3.63) is 0 Å². The molecule has 0 atom stereocenters. The third-order valence-corrected chi connectivity index (χ3v) is 19.8. The molecule has 0 rings (SSSR count). The molecular formula is C86H150NO36Tb-14. The largest absolute Gasteiger partial charge is 3.00 e. The van der Waals surface area contributed by atoms with Crippen molar-refractivity contribution < 1.29 is 217 Å². The zero-order chi connectivity index (χ0) is 97.0. The number of carbonyl (C=O) groups excluding carboxylic acids is 18. The summed E-state index contributed by atoms with van der Waals surface area (Å²) in [6.45, 7) is 50.1. The molecule has 0 amide bonds. The number of quaternary nitrogens is 1. The molecule has 0 radical (unpaired) electrons. The minimum absolute atomic E-state index is 0. The van der Waals surface area contributed by atoms with Gasteiger partial charge in [0.05, 0.1) is 0 Å². The van der Waals surface area contributed by atoms with E-state index in [1.54, 1.807) is 20.8 Å². The number of hydrogen-bond acceptors (Lipinski definition) is 36. The molecule has 0 bridgehead atoms. The van der Waals surface area contributed by atoms with Gasteiger partial charge in [-0.05, 0) is 43.4 Å². The number of carboxylic acid groups (broad SMARTS) is 18. The van der Waals surface area contributed by atoms with Crippen molar-refractivity contribution in [1.82, 2.24) is 6.15 Å². The van der Waals surface area contributed by atoms with E-state index in [0.717, 1.165) is 0 Å². The molecule has 0 saturated carbocycles. The van der Waals surface area contributed by atoms with E-state index in [2.05, 4.69) is 0 Å². The molecule has 0 aromatic rings. The Bertz CT molecular complexity index is 2900. The third-order valence-electron chi connectivity index (χ3n) is 19.8. The molecular weight excluding hydrogens is 1780 g/mol. The molecule has 0 saturated heterocycles. The Morgan fingerprint density at radius 2 is 0.210 bits per heavy atom. The van der Waals surface area contributed by atoms with Crippen LogP contribution in [0.5, 0.6) is 0 Å². The van der Waals surface area contributed by atoms with E-state index in [0.29, 0.717) is 0 Å². The summed E-state index contributed by atoms with van der Waals surface area (Å²) in [6.07, 6.45) is -0.0370. The molecule has 37 nitrogen and oxygen atoms in total. The van der Waals surface area contributed by atoms with Gasteiger partial charge >= 0.3 is 38.6 Å². The predicted molar refractivity (Wildman–Crippen MR) is 419 cm³/mol. The van der Waals surface area contributed by atoms with E-state index in [-0.39, 0.29) is 115 Å². The first-order valence-corrected chi connectivity index (χ1v) is 35.8. The summed E-state index contributed by atoms with van der Waals surface area (Å²) >= 11 is 0. The fourth-order valence-corrected chi connectivity index (χ4v) is 14.2. The smallest absolute Gasteiger partial charge is 0.550 e. The van der Waals surface area contributed by atoms with Crippen LogP contribution in [0.1, 0.15) is 326 Å². The fourth-order valence-electron chi connectivity index (χ4n) is 14.2. The van der Waals surface area contributed by atoms with Crippen molar-refractivity contribution in [3.63, 3.8) is 0 Å². The first-order valence-electron chi connectivity index (χ1n) is 35.8. The summed E-state index contributed by atoms with van der Waals surface area (Å²) < 4.78 is 0. The van der Waals surface area contributed by atoms with E-state index in [1.807, 2.05) is 0 Å². The maximum atomic E-state index is 11.3. The van der Waals surface area contributed by atoms with Crippen molar-refractivity contribution in [3.8, 4) is 0 Å². The van der Waals surface area contributed by atoms with Crippen LogP contribution < -0.4 is 98.1 Å². The van der Waals surface area contributed by atoms with Gasteiger partial charge in [-0.2, -0.15) is 0 Å². The van der Waals surface area contributed by atoms with Crippen LogP contribution in [0.3, 0.4) is 0 Å². The summed E-state index contributed by atoms with van der Waals surface area (Å²) in [5.41, 5.74) is -25.1. The Kier molecular flexibility index (Phi) is 65.9. The Morgan fingerprint density at radius 1 is 0.153 bits per heavy atom. The molecule has 0 aliphatic rings. The van der Waals surface area contributed by atoms with Gasteiger partial charge in [0.25, 0.3) is 0 Å². The van der Waals surface area contributed by atoms with E-state index in [9.17, 15) is 178 Å². The van der Waals surface area contributed by atoms with Crippen molar-refractivity contribution in [2.24, 2.45) is 115 Å². The zero-order valence-electron chi connectivity index (χ0n) is 75.6. The first kappa shape index (κ1) is 153. The molecule has 0 spiro atoms. The molecule has 0 unspecified atom stereocenters. The molecule has 38 heteroatoms. The fraction of sp³-hybridized carbons (Fsp3) is 0.791. The summed E-state index contributed by atoms with van der Waals surface area (Å²) in [4.78, 5) is 196. The average Bonchev–Trinajstić information content (AvgIpc) is 0.756. The Labute approximate surface area is 767 Å². The zero-order valence-corrected chi connectivity index (χ0v) is 77.7. The first-order chi connectivity index (χ1) is 49.9. The van der Waals surface area contributed by atoms with Gasteiger partial charge in [0, 0.05) is 205 Å². The quantitative estimate of drug-likeness (QED) is 0.0626. The van der Waals surface area contributed by atoms with Gasteiger partial charge in [-0.15, -0.1) is 0 Å². The van der Waals surface area contributed by atoms with Crippen LogP contribution in [0.4, 0.5) is 0 Å². The van der Waals surface area contributed by atoms with Crippen molar-refractivity contribution in [2.75, 3.05) is 0 Å². The van der Waals surface area contributed by atoms with Gasteiger partial charge in [-0.1, -0.05) is 301 Å². The molecule has 738 valence electrons. The third kappa shape index (κ3) is 45.7. The standard InChI is InChI=1S/3C13H22O6.4C9H16O4.C5H10O2.6CH4.H3N.Tb/c3*1-11(2,8(14)15)7(12(3,4)9(16)17)13(5,6)10(18)19;4*1-8(2,6(10)11)5-9(3,4)7(12)13;1-5(2,3)4(6)7;;;;;;;;/h3*7H,1-6H3,(H,14,15)(H,16,17)(H,18,19);4*5H2,1-4H3,(H,10,11)(H,12,13);1-3H3,(H,6,7);6*1H4;1H3;/q;;;;;;;;;;;;;;;+3/p-17. The van der Waals surface area contributed by atoms with Crippen LogP contribution in [0.2, 0.25) is 0 Å². The van der Waals surface area contributed by atoms with E-state index >= 15 is 0 Å². The predicted octanol–water partition coefficient (Wildman–Crippen LogP) is -6.52. The van der Waals surface area contributed by atoms with Crippen LogP contribution in [0, 0.1) is 154 Å². The Morgan fingerprint density at radius 3 is 0.242 bits per heavy atom. The monoisotopic (exact) mass is 1930 g/mol. The van der Waals surface area contributed by atoms with E-state index < -0.39 is 223 Å². The average molecular weight is 1930 g/mol.